The molecule has 2 aromatic rings. The van der Waals surface area contributed by atoms with E-state index in [-0.39, 0.29) is 18.3 Å². The Morgan fingerprint density at radius 2 is 2.07 bits per heavy atom. The van der Waals surface area contributed by atoms with Gasteiger partial charge >= 0.3 is 6.55 Å². The fraction of sp³-hybridized carbons (Fsp3) is 0.471. The molecule has 0 saturated carbocycles. The van der Waals surface area contributed by atoms with Crippen molar-refractivity contribution in [3.8, 4) is 0 Å². The zero-order chi connectivity index (χ0) is 19.2. The summed E-state index contributed by atoms with van der Waals surface area (Å²) in [7, 11) is 0. The second-order valence-electron chi connectivity index (χ2n) is 5.96. The lowest BCUT2D eigenvalue weighted by molar-refractivity contribution is 0.0657. The van der Waals surface area contributed by atoms with E-state index in [1.807, 2.05) is 11.8 Å². The van der Waals surface area contributed by atoms with E-state index >= 15 is 0 Å². The van der Waals surface area contributed by atoms with Gasteiger partial charge in [0.15, 0.2) is 11.7 Å². The molecule has 2 aromatic heterocycles. The molecule has 1 amide bonds. The average molecular weight is 380 g/mol. The van der Waals surface area contributed by atoms with Crippen LogP contribution in [-0.4, -0.2) is 63.9 Å². The number of hydrogen-bond donors (Lipinski definition) is 1. The molecule has 0 aromatic carbocycles. The number of imidazole rings is 1. The fourth-order valence-corrected chi connectivity index (χ4v) is 2.89. The molecule has 1 N–H and O–H groups in total. The van der Waals surface area contributed by atoms with Crippen LogP contribution in [0.2, 0.25) is 0 Å². The molecule has 8 nitrogen and oxygen atoms in total. The number of amides is 1. The molecule has 0 unspecified atom stereocenters. The number of hydrogen-bond acceptors (Lipinski definition) is 4. The van der Waals surface area contributed by atoms with Crippen molar-refractivity contribution < 1.29 is 18.0 Å². The number of aliphatic imine (C=N–C) groups is 1. The van der Waals surface area contributed by atoms with Crippen molar-refractivity contribution in [1.29, 1.82) is 0 Å². The highest BCUT2D eigenvalue weighted by molar-refractivity contribution is 5.91. The number of carbonyl (C=O) groups is 1. The van der Waals surface area contributed by atoms with Crippen LogP contribution in [0.15, 0.2) is 40.2 Å². The van der Waals surface area contributed by atoms with Gasteiger partial charge in [-0.3, -0.25) is 9.36 Å². The van der Waals surface area contributed by atoms with Gasteiger partial charge in [-0.1, -0.05) is 0 Å². The number of alkyl halides is 2. The minimum absolute atomic E-state index is 0.0468. The summed E-state index contributed by atoms with van der Waals surface area (Å²) in [5, 5.41) is 3.16. The van der Waals surface area contributed by atoms with Gasteiger partial charge in [0.1, 0.15) is 12.4 Å². The van der Waals surface area contributed by atoms with Gasteiger partial charge in [-0.15, -0.1) is 0 Å². The van der Waals surface area contributed by atoms with Gasteiger partial charge in [-0.05, 0) is 19.1 Å². The Kier molecular flexibility index (Phi) is 6.05. The largest absolute Gasteiger partial charge is 0.459 e. The molecule has 0 bridgehead atoms. The SMILES string of the molecule is CCNC(=NCc1nccn1C(F)F)N1CCN(C(=O)c2ccco2)CC1. The lowest BCUT2D eigenvalue weighted by Crippen LogP contribution is -2.53. The molecule has 10 heteroatoms. The number of carbonyl (C=O) groups excluding carboxylic acids is 1. The quantitative estimate of drug-likeness (QED) is 0.632. The van der Waals surface area contributed by atoms with Crippen LogP contribution in [0.3, 0.4) is 0 Å². The summed E-state index contributed by atoms with van der Waals surface area (Å²) in [5.41, 5.74) is 0. The number of aromatic nitrogens is 2. The third-order valence-corrected chi connectivity index (χ3v) is 4.26. The first kappa shape index (κ1) is 18.9. The number of piperazine rings is 1. The monoisotopic (exact) mass is 380 g/mol. The number of nitrogens with one attached hydrogen (secondary N) is 1. The molecule has 1 aliphatic heterocycles. The first-order valence-electron chi connectivity index (χ1n) is 8.76. The third kappa shape index (κ3) is 4.44. The molecule has 1 aliphatic rings. The maximum absolute atomic E-state index is 12.9. The first-order chi connectivity index (χ1) is 13.1. The zero-order valence-corrected chi connectivity index (χ0v) is 15.0. The van der Waals surface area contributed by atoms with E-state index in [9.17, 15) is 13.6 Å². The van der Waals surface area contributed by atoms with Crippen molar-refractivity contribution >= 4 is 11.9 Å². The second-order valence-corrected chi connectivity index (χ2v) is 5.96. The molecular weight excluding hydrogens is 358 g/mol. The Balaban J connectivity index is 1.62. The highest BCUT2D eigenvalue weighted by Crippen LogP contribution is 2.14. The smallest absolute Gasteiger partial charge is 0.319 e. The highest BCUT2D eigenvalue weighted by atomic mass is 19.3. The third-order valence-electron chi connectivity index (χ3n) is 4.26. The zero-order valence-electron chi connectivity index (χ0n) is 15.0. The van der Waals surface area contributed by atoms with E-state index in [1.54, 1.807) is 17.0 Å². The number of furan rings is 1. The van der Waals surface area contributed by atoms with Crippen molar-refractivity contribution in [3.63, 3.8) is 0 Å². The number of rotatable bonds is 5. The summed E-state index contributed by atoms with van der Waals surface area (Å²) >= 11 is 0. The maximum atomic E-state index is 12.9. The number of halogens is 2. The molecule has 0 radical (unpaired) electrons. The summed E-state index contributed by atoms with van der Waals surface area (Å²) in [6.07, 6.45) is 4.05. The Morgan fingerprint density at radius 3 is 2.70 bits per heavy atom. The van der Waals surface area contributed by atoms with E-state index in [4.69, 9.17) is 4.42 Å². The molecule has 0 aliphatic carbocycles. The van der Waals surface area contributed by atoms with Gasteiger partial charge in [0.2, 0.25) is 0 Å². The second kappa shape index (κ2) is 8.65. The van der Waals surface area contributed by atoms with Crippen LogP contribution in [0, 0.1) is 0 Å². The number of nitrogens with zero attached hydrogens (tertiary/aromatic N) is 5. The predicted molar refractivity (Wildman–Crippen MR) is 94.5 cm³/mol. The molecule has 1 fully saturated rings. The molecule has 0 atom stereocenters. The van der Waals surface area contributed by atoms with Crippen LogP contribution in [-0.2, 0) is 6.54 Å². The Bertz CT molecular complexity index is 766. The molecular formula is C17H22F2N6O2. The van der Waals surface area contributed by atoms with Gasteiger partial charge in [0.05, 0.1) is 6.26 Å². The highest BCUT2D eigenvalue weighted by Gasteiger charge is 2.25. The normalized spacial score (nSPS) is 15.5. The summed E-state index contributed by atoms with van der Waals surface area (Å²) in [6.45, 7) is 2.20. The molecule has 3 heterocycles. The van der Waals surface area contributed by atoms with E-state index in [1.165, 1.54) is 18.7 Å². The first-order valence-corrected chi connectivity index (χ1v) is 8.76. The summed E-state index contributed by atoms with van der Waals surface area (Å²) < 4.78 is 31.8. The lowest BCUT2D eigenvalue weighted by atomic mass is 10.3. The molecule has 1 saturated heterocycles. The summed E-state index contributed by atoms with van der Waals surface area (Å²) in [4.78, 5) is 24.4. The van der Waals surface area contributed by atoms with Crippen LogP contribution in [0.25, 0.3) is 0 Å². The van der Waals surface area contributed by atoms with Gasteiger partial charge in [0, 0.05) is 45.1 Å². The van der Waals surface area contributed by atoms with Gasteiger partial charge in [-0.25, -0.2) is 9.98 Å². The molecule has 27 heavy (non-hydrogen) atoms. The minimum Gasteiger partial charge on any atom is -0.459 e. The molecule has 146 valence electrons. The van der Waals surface area contributed by atoms with E-state index < -0.39 is 6.55 Å². The van der Waals surface area contributed by atoms with Crippen LogP contribution < -0.4 is 5.32 Å². The van der Waals surface area contributed by atoms with E-state index in [2.05, 4.69) is 15.3 Å². The fourth-order valence-electron chi connectivity index (χ4n) is 2.89. The Morgan fingerprint density at radius 1 is 1.33 bits per heavy atom. The van der Waals surface area contributed by atoms with Crippen LogP contribution in [0.5, 0.6) is 0 Å². The summed E-state index contributed by atoms with van der Waals surface area (Å²) in [6, 6.07) is 3.33. The summed E-state index contributed by atoms with van der Waals surface area (Å²) in [5.74, 6) is 1.00. The Hall–Kier alpha value is -2.91. The van der Waals surface area contributed by atoms with Crippen molar-refractivity contribution in [2.24, 2.45) is 4.99 Å². The van der Waals surface area contributed by atoms with Crippen LogP contribution in [0.1, 0.15) is 29.9 Å². The topological polar surface area (TPSA) is 78.9 Å². The van der Waals surface area contributed by atoms with Crippen molar-refractivity contribution in [1.82, 2.24) is 24.7 Å². The van der Waals surface area contributed by atoms with Crippen molar-refractivity contribution in [2.45, 2.75) is 20.0 Å². The van der Waals surface area contributed by atoms with Gasteiger partial charge in [0.25, 0.3) is 5.91 Å². The van der Waals surface area contributed by atoms with Gasteiger partial charge in [-0.2, -0.15) is 8.78 Å². The van der Waals surface area contributed by atoms with Crippen molar-refractivity contribution in [2.75, 3.05) is 32.7 Å². The Labute approximate surface area is 155 Å². The lowest BCUT2D eigenvalue weighted by Gasteiger charge is -2.36. The average Bonchev–Trinajstić information content (AvgIpc) is 3.36. The van der Waals surface area contributed by atoms with E-state index in [0.717, 1.165) is 4.57 Å². The molecule has 0 spiro atoms. The standard InChI is InChI=1S/C17H22F2N6O2/c1-2-20-17(22-12-14-21-5-6-25(14)16(18)19)24-9-7-23(8-10-24)15(26)13-4-3-11-27-13/h3-6,11,16H,2,7-10,12H2,1H3,(H,20,22). The number of guanidine groups is 1. The predicted octanol–water partition coefficient (Wildman–Crippen LogP) is 1.79. The maximum Gasteiger partial charge on any atom is 0.319 e. The van der Waals surface area contributed by atoms with Crippen molar-refractivity contribution in [3.05, 3.63) is 42.4 Å². The molecule has 3 rings (SSSR count). The van der Waals surface area contributed by atoms with Crippen LogP contribution in [0.4, 0.5) is 8.78 Å². The van der Waals surface area contributed by atoms with E-state index in [0.29, 0.717) is 44.4 Å². The van der Waals surface area contributed by atoms with Gasteiger partial charge < -0.3 is 19.5 Å². The minimum atomic E-state index is -2.64. The van der Waals surface area contributed by atoms with Crippen LogP contribution >= 0.6 is 0 Å².